The van der Waals surface area contributed by atoms with Crippen molar-refractivity contribution < 1.29 is 4.74 Å². The first-order valence-corrected chi connectivity index (χ1v) is 6.07. The summed E-state index contributed by atoms with van der Waals surface area (Å²) in [4.78, 5) is 15.3. The van der Waals surface area contributed by atoms with E-state index >= 15 is 0 Å². The van der Waals surface area contributed by atoms with E-state index in [1.54, 1.807) is 13.2 Å². The zero-order valence-corrected chi connectivity index (χ0v) is 11.3. The van der Waals surface area contributed by atoms with Crippen LogP contribution in [-0.2, 0) is 16.8 Å². The van der Waals surface area contributed by atoms with E-state index in [-0.39, 0.29) is 10.8 Å². The van der Waals surface area contributed by atoms with Crippen LogP contribution >= 0.6 is 0 Å². The molecule has 0 radical (unpaired) electrons. The molecule has 2 rings (SSSR count). The number of pyridine rings is 1. The summed E-state index contributed by atoms with van der Waals surface area (Å²) in [5.41, 5.74) is 2.93. The number of H-pyrrole nitrogens is 1. The molecular weight excluding hydrogens is 226 g/mol. The van der Waals surface area contributed by atoms with E-state index in [0.717, 1.165) is 16.6 Å². The third-order valence-electron chi connectivity index (χ3n) is 3.05. The Morgan fingerprint density at radius 3 is 2.56 bits per heavy atom. The number of hydrogen-bond donors (Lipinski definition) is 1. The van der Waals surface area contributed by atoms with Crippen molar-refractivity contribution in [3.8, 4) is 0 Å². The summed E-state index contributed by atoms with van der Waals surface area (Å²) in [6.45, 7) is 6.84. The lowest BCUT2D eigenvalue weighted by atomic mass is 9.86. The normalized spacial score (nSPS) is 12.0. The molecule has 0 aliphatic rings. The molecule has 0 aliphatic carbocycles. The second kappa shape index (κ2) is 4.58. The fraction of sp³-hybridized carbons (Fsp3) is 0.400. The topological polar surface area (TPSA) is 42.1 Å². The van der Waals surface area contributed by atoms with Crippen LogP contribution in [-0.4, -0.2) is 12.1 Å². The highest BCUT2D eigenvalue weighted by molar-refractivity contribution is 5.79. The van der Waals surface area contributed by atoms with Gasteiger partial charge >= 0.3 is 0 Å². The lowest BCUT2D eigenvalue weighted by molar-refractivity contribution is 0.181. The average Bonchev–Trinajstić information content (AvgIpc) is 2.27. The highest BCUT2D eigenvalue weighted by Crippen LogP contribution is 2.24. The number of benzene rings is 1. The Morgan fingerprint density at radius 2 is 1.94 bits per heavy atom. The molecule has 0 fully saturated rings. The average molecular weight is 245 g/mol. The van der Waals surface area contributed by atoms with Crippen LogP contribution in [0, 0.1) is 0 Å². The monoisotopic (exact) mass is 245 g/mol. The third-order valence-corrected chi connectivity index (χ3v) is 3.05. The van der Waals surface area contributed by atoms with Crippen molar-refractivity contribution in [3.63, 3.8) is 0 Å². The summed E-state index contributed by atoms with van der Waals surface area (Å²) < 4.78 is 5.04. The summed E-state index contributed by atoms with van der Waals surface area (Å²) in [6.07, 6.45) is 0. The van der Waals surface area contributed by atoms with E-state index in [1.807, 2.05) is 12.1 Å². The second-order valence-corrected chi connectivity index (χ2v) is 5.60. The molecule has 0 amide bonds. The summed E-state index contributed by atoms with van der Waals surface area (Å²) in [7, 11) is 1.62. The maximum atomic E-state index is 12.1. The van der Waals surface area contributed by atoms with Crippen molar-refractivity contribution in [1.82, 2.24) is 4.98 Å². The molecule has 1 aromatic heterocycles. The Morgan fingerprint density at radius 1 is 1.22 bits per heavy atom. The smallest absolute Gasteiger partial charge is 0.189 e. The van der Waals surface area contributed by atoms with Gasteiger partial charge in [0.25, 0.3) is 0 Å². The van der Waals surface area contributed by atoms with Crippen molar-refractivity contribution in [2.75, 3.05) is 7.11 Å². The Hall–Kier alpha value is -1.61. The van der Waals surface area contributed by atoms with Crippen molar-refractivity contribution in [3.05, 3.63) is 45.7 Å². The molecule has 1 N–H and O–H groups in total. The first-order valence-electron chi connectivity index (χ1n) is 6.07. The highest BCUT2D eigenvalue weighted by Gasteiger charge is 2.14. The van der Waals surface area contributed by atoms with E-state index < -0.39 is 0 Å². The molecule has 0 unspecified atom stereocenters. The van der Waals surface area contributed by atoms with Gasteiger partial charge in [-0.05, 0) is 23.1 Å². The Labute approximate surface area is 107 Å². The molecule has 0 saturated carbocycles. The predicted molar refractivity (Wildman–Crippen MR) is 74.0 cm³/mol. The van der Waals surface area contributed by atoms with Crippen LogP contribution in [0.5, 0.6) is 0 Å². The van der Waals surface area contributed by atoms with Crippen LogP contribution in [0.4, 0.5) is 0 Å². The molecule has 18 heavy (non-hydrogen) atoms. The van der Waals surface area contributed by atoms with Gasteiger partial charge in [-0.3, -0.25) is 4.79 Å². The summed E-state index contributed by atoms with van der Waals surface area (Å²) >= 11 is 0. The fourth-order valence-corrected chi connectivity index (χ4v) is 2.00. The number of aromatic nitrogens is 1. The first kappa shape index (κ1) is 12.8. The Bertz CT molecular complexity index is 620. The summed E-state index contributed by atoms with van der Waals surface area (Å²) in [6, 6.07) is 7.62. The molecule has 3 nitrogen and oxygen atoms in total. The predicted octanol–water partition coefficient (Wildman–Crippen LogP) is 2.97. The number of ether oxygens (including phenoxy) is 1. The largest absolute Gasteiger partial charge is 0.378 e. The number of hydrogen-bond acceptors (Lipinski definition) is 2. The van der Waals surface area contributed by atoms with Gasteiger partial charge in [-0.2, -0.15) is 0 Å². The van der Waals surface area contributed by atoms with Gasteiger partial charge in [0.2, 0.25) is 0 Å². The maximum Gasteiger partial charge on any atom is 0.189 e. The molecule has 3 heteroatoms. The summed E-state index contributed by atoms with van der Waals surface area (Å²) in [5.74, 6) is 0. The fourth-order valence-electron chi connectivity index (χ4n) is 2.00. The van der Waals surface area contributed by atoms with Crippen molar-refractivity contribution in [1.29, 1.82) is 0 Å². The van der Waals surface area contributed by atoms with E-state index in [2.05, 4.69) is 31.8 Å². The molecule has 0 atom stereocenters. The molecule has 0 spiro atoms. The minimum absolute atomic E-state index is 0.0434. The number of rotatable bonds is 2. The molecule has 0 aliphatic heterocycles. The first-order chi connectivity index (χ1) is 8.41. The zero-order chi connectivity index (χ0) is 13.3. The number of nitrogens with one attached hydrogen (secondary N) is 1. The standard InChI is InChI=1S/C15H19NO2/c1-15(2,3)10-5-6-13-12(7-10)14(17)8-11(16-13)9-18-4/h5-8H,9H2,1-4H3,(H,16,17). The molecule has 1 aromatic carbocycles. The second-order valence-electron chi connectivity index (χ2n) is 5.60. The Kier molecular flexibility index (Phi) is 3.26. The van der Waals surface area contributed by atoms with Crippen molar-refractivity contribution in [2.45, 2.75) is 32.8 Å². The van der Waals surface area contributed by atoms with Gasteiger partial charge < -0.3 is 9.72 Å². The van der Waals surface area contributed by atoms with Crippen molar-refractivity contribution in [2.24, 2.45) is 0 Å². The van der Waals surface area contributed by atoms with Crippen LogP contribution in [0.1, 0.15) is 32.0 Å². The number of methoxy groups -OCH3 is 1. The third kappa shape index (κ3) is 2.46. The van der Waals surface area contributed by atoms with Gasteiger partial charge in [0.05, 0.1) is 6.61 Å². The maximum absolute atomic E-state index is 12.1. The van der Waals surface area contributed by atoms with E-state index in [1.165, 1.54) is 5.56 Å². The molecule has 1 heterocycles. The van der Waals surface area contributed by atoms with Gasteiger partial charge in [0.1, 0.15) is 0 Å². The molecule has 0 bridgehead atoms. The minimum Gasteiger partial charge on any atom is -0.378 e. The number of fused-ring (bicyclic) bond motifs is 1. The van der Waals surface area contributed by atoms with Crippen LogP contribution in [0.2, 0.25) is 0 Å². The molecule has 0 saturated heterocycles. The molecule has 2 aromatic rings. The quantitative estimate of drug-likeness (QED) is 0.883. The van der Waals surface area contributed by atoms with Crippen molar-refractivity contribution >= 4 is 10.9 Å². The molecule has 96 valence electrons. The van der Waals surface area contributed by atoms with Crippen LogP contribution in [0.15, 0.2) is 29.1 Å². The highest BCUT2D eigenvalue weighted by atomic mass is 16.5. The van der Waals surface area contributed by atoms with Crippen LogP contribution in [0.3, 0.4) is 0 Å². The Balaban J connectivity index is 2.62. The van der Waals surface area contributed by atoms with Crippen LogP contribution < -0.4 is 5.43 Å². The van der Waals surface area contributed by atoms with Crippen LogP contribution in [0.25, 0.3) is 10.9 Å². The van der Waals surface area contributed by atoms with Gasteiger partial charge in [-0.25, -0.2) is 0 Å². The number of aromatic amines is 1. The zero-order valence-electron chi connectivity index (χ0n) is 11.3. The van der Waals surface area contributed by atoms with Gasteiger partial charge in [0.15, 0.2) is 5.43 Å². The summed E-state index contributed by atoms with van der Waals surface area (Å²) in [5, 5.41) is 0.738. The molecular formula is C15H19NO2. The van der Waals surface area contributed by atoms with Gasteiger partial charge in [-0.1, -0.05) is 26.8 Å². The van der Waals surface area contributed by atoms with E-state index in [4.69, 9.17) is 4.74 Å². The van der Waals surface area contributed by atoms with E-state index in [9.17, 15) is 4.79 Å². The SMILES string of the molecule is COCc1cc(=O)c2cc(C(C)(C)C)ccc2[nH]1. The lowest BCUT2D eigenvalue weighted by Crippen LogP contribution is -2.13. The van der Waals surface area contributed by atoms with Gasteiger partial charge in [-0.15, -0.1) is 0 Å². The van der Waals surface area contributed by atoms with Gasteiger partial charge in [0, 0.05) is 29.8 Å². The minimum atomic E-state index is 0.0434. The lowest BCUT2D eigenvalue weighted by Gasteiger charge is -2.19. The van der Waals surface area contributed by atoms with E-state index in [0.29, 0.717) is 6.61 Å².